The minimum atomic E-state index is -2.02. The lowest BCUT2D eigenvalue weighted by Crippen LogP contribution is -2.64. The van der Waals surface area contributed by atoms with Crippen molar-refractivity contribution in [1.82, 2.24) is 26.6 Å². The lowest BCUT2D eigenvalue weighted by Gasteiger charge is -2.47. The second kappa shape index (κ2) is 29.7. The van der Waals surface area contributed by atoms with Crippen LogP contribution in [0.4, 0.5) is 0 Å². The van der Waals surface area contributed by atoms with Crippen LogP contribution in [-0.2, 0) is 60.7 Å². The van der Waals surface area contributed by atoms with E-state index < -0.39 is 180 Å². The highest BCUT2D eigenvalue weighted by molar-refractivity contribution is 6.32. The molecule has 0 aliphatic carbocycles. The summed E-state index contributed by atoms with van der Waals surface area (Å²) in [6.07, 6.45) is -15.8. The number of aliphatic hydroxyl groups is 5. The predicted octanol–water partition coefficient (Wildman–Crippen LogP) is 2.92. The molecule has 0 radical (unpaired) electrons. The summed E-state index contributed by atoms with van der Waals surface area (Å²) >= 11 is 14.1. The Kier molecular flexibility index (Phi) is 22.2. The van der Waals surface area contributed by atoms with E-state index in [0.717, 1.165) is 18.2 Å². The smallest absolute Gasteiger partial charge is 0.247 e. The molecule has 6 aliphatic rings. The average molecular weight is 1360 g/mol. The summed E-state index contributed by atoms with van der Waals surface area (Å²) in [5.74, 6) is -12.2. The lowest BCUT2D eigenvalue weighted by atomic mass is 9.84. The van der Waals surface area contributed by atoms with Gasteiger partial charge in [-0.05, 0) is 115 Å². The van der Waals surface area contributed by atoms with Crippen LogP contribution in [0.2, 0.25) is 10.0 Å². The van der Waals surface area contributed by atoms with Gasteiger partial charge in [-0.25, -0.2) is 0 Å². The van der Waals surface area contributed by atoms with E-state index in [2.05, 4.69) is 26.6 Å². The van der Waals surface area contributed by atoms with Crippen molar-refractivity contribution < 1.29 is 103 Å². The number of carbonyl (C=O) groups excluding carboxylic acids is 7. The number of rotatable bonds is 12. The van der Waals surface area contributed by atoms with Crippen LogP contribution in [0, 0.1) is 5.92 Å². The summed E-state index contributed by atoms with van der Waals surface area (Å²) in [4.78, 5) is 99.7. The Morgan fingerprint density at radius 1 is 0.789 bits per heavy atom. The van der Waals surface area contributed by atoms with Crippen molar-refractivity contribution in [3.63, 3.8) is 0 Å². The maximum Gasteiger partial charge on any atom is 0.247 e. The van der Waals surface area contributed by atoms with Crippen molar-refractivity contribution in [2.45, 2.75) is 158 Å². The average Bonchev–Trinajstić information content (AvgIpc) is 0.880. The normalized spacial score (nSPS) is 27.4. The Hall–Kier alpha value is -8.39. The van der Waals surface area contributed by atoms with Crippen molar-refractivity contribution in [3.8, 4) is 57.1 Å². The van der Waals surface area contributed by atoms with Crippen LogP contribution in [0.5, 0.6) is 46.0 Å². The van der Waals surface area contributed by atoms with E-state index in [1.807, 2.05) is 13.8 Å². The summed E-state index contributed by atoms with van der Waals surface area (Å²) in [5, 5.41) is 103. The number of phenols is 3. The van der Waals surface area contributed by atoms with Gasteiger partial charge in [-0.15, -0.1) is 0 Å². The Labute approximate surface area is 554 Å². The van der Waals surface area contributed by atoms with Crippen LogP contribution in [0.25, 0.3) is 11.1 Å². The number of carbonyl (C=O) groups is 7. The molecule has 2 fully saturated rings. The highest BCUT2D eigenvalue weighted by Gasteiger charge is 2.51. The highest BCUT2D eigenvalue weighted by atomic mass is 35.5. The fourth-order valence-corrected chi connectivity index (χ4v) is 12.1. The first-order valence-electron chi connectivity index (χ1n) is 30.4. The summed E-state index contributed by atoms with van der Waals surface area (Å²) in [5.41, 5.74) is 10.4. The van der Waals surface area contributed by atoms with Crippen molar-refractivity contribution in [2.24, 2.45) is 17.4 Å². The van der Waals surface area contributed by atoms with Gasteiger partial charge in [0.15, 0.2) is 23.9 Å². The van der Waals surface area contributed by atoms with Gasteiger partial charge in [0.25, 0.3) is 0 Å². The van der Waals surface area contributed by atoms with E-state index in [1.54, 1.807) is 6.92 Å². The van der Waals surface area contributed by atoms with Gasteiger partial charge < -0.3 is 107 Å². The highest BCUT2D eigenvalue weighted by Crippen LogP contribution is 2.49. The molecule has 510 valence electrons. The van der Waals surface area contributed by atoms with Crippen molar-refractivity contribution >= 4 is 64.4 Å². The topological polar surface area (TPSA) is 449 Å². The third-order valence-corrected chi connectivity index (χ3v) is 17.3. The number of likely N-dealkylation sites (N-methyl/N-ethyl adjacent to an activating group) is 1. The van der Waals surface area contributed by atoms with Crippen LogP contribution >= 0.6 is 23.2 Å². The number of halogens is 2. The first kappa shape index (κ1) is 70.9. The van der Waals surface area contributed by atoms with Gasteiger partial charge in [0.05, 0.1) is 35.3 Å². The summed E-state index contributed by atoms with van der Waals surface area (Å²) in [6.45, 7) is 5.38. The number of hydrogen-bond donors (Lipinski definition) is 15. The van der Waals surface area contributed by atoms with E-state index in [0.29, 0.717) is 12.0 Å². The van der Waals surface area contributed by atoms with E-state index >= 15 is 9.59 Å². The molecule has 28 nitrogen and oxygen atoms in total. The molecular weight excluding hydrogens is 1290 g/mol. The zero-order chi connectivity index (χ0) is 69.1. The number of nitrogens with one attached hydrogen (secondary N) is 5. The molecule has 0 saturated carbocycles. The number of phenolic OH excluding ortho intramolecular Hbond substituents is 3. The molecule has 6 heterocycles. The molecule has 5 aromatic rings. The molecular formula is C65H75Cl2N7O21. The molecule has 0 aromatic heterocycles. The van der Waals surface area contributed by atoms with Crippen LogP contribution in [-0.4, -0.2) is 163 Å². The number of aliphatic hydroxyl groups excluding tert-OH is 5. The number of ether oxygens (including phenoxy) is 6. The standard InChI is InChI=1S/C65H75Cl2N7O21/c1-27(2)6-15-48(81)73-53-54(82)31-10-14-43(37(67)18-31)92-45-20-32-19-44(57(45)95-64-58(56(84)55(83)46(26-75)93-64)94-49-24-65(4,69)59(85)28(3)90-49)91-42-13-9-29(17-36(42)66)7-12-40(78)51(61(87)70-5)35-21-33(76)22-41(79)50(35)34-16-30(8-11-39(34)77)25-71-62(88)52(32)74-60(86)38(23-47(68)80)72-63(53)89/h8-11,13-14,16-22,27-28,38,46,49,51-56,58-59,64,75-77,79,82-85H,6-7,12,15,23-26,69H2,1-5H3,(H2,68,80)(H,70,87)(H,71,88)(H,72,89)(H,73,81)(H,74,86). The Bertz CT molecular complexity index is 3760. The molecule has 30 heteroatoms. The predicted molar refractivity (Wildman–Crippen MR) is 337 cm³/mol. The third-order valence-electron chi connectivity index (χ3n) is 16.8. The van der Waals surface area contributed by atoms with E-state index in [1.165, 1.54) is 74.6 Å². The van der Waals surface area contributed by atoms with E-state index in [9.17, 15) is 64.8 Å². The second-order valence-electron chi connectivity index (χ2n) is 24.5. The van der Waals surface area contributed by atoms with Gasteiger partial charge in [-0.1, -0.05) is 55.2 Å². The quantitative estimate of drug-likeness (QED) is 0.0798. The fourth-order valence-electron chi connectivity index (χ4n) is 11.6. The number of fused-ring (bicyclic) bond motifs is 15. The zero-order valence-electron chi connectivity index (χ0n) is 52.0. The van der Waals surface area contributed by atoms with E-state index in [-0.39, 0.29) is 86.5 Å². The zero-order valence-corrected chi connectivity index (χ0v) is 53.6. The van der Waals surface area contributed by atoms with E-state index in [4.69, 9.17) is 63.1 Å². The number of nitrogens with two attached hydrogens (primary N) is 2. The van der Waals surface area contributed by atoms with Crippen LogP contribution in [0.1, 0.15) is 106 Å². The minimum absolute atomic E-state index is 0.0307. The van der Waals surface area contributed by atoms with Gasteiger partial charge in [0.2, 0.25) is 47.5 Å². The van der Waals surface area contributed by atoms with Gasteiger partial charge >= 0.3 is 0 Å². The Morgan fingerprint density at radius 3 is 2.09 bits per heavy atom. The number of hydrogen-bond acceptors (Lipinski definition) is 22. The molecule has 2 saturated heterocycles. The number of primary amides is 1. The molecule has 6 amide bonds. The molecule has 14 atom stereocenters. The molecule has 6 aliphatic heterocycles. The number of Topliss-reactive ketones (excluding diaryl/α,β-unsaturated/α-hetero) is 1. The summed E-state index contributed by atoms with van der Waals surface area (Å²) < 4.78 is 38.5. The second-order valence-corrected chi connectivity index (χ2v) is 25.3. The van der Waals surface area contributed by atoms with Gasteiger partial charge in [0, 0.05) is 55.6 Å². The molecule has 9 bridgehead atoms. The third kappa shape index (κ3) is 16.1. The molecule has 14 unspecified atom stereocenters. The first-order valence-corrected chi connectivity index (χ1v) is 31.2. The molecule has 17 N–H and O–H groups in total. The number of amides is 6. The van der Waals surface area contributed by atoms with Gasteiger partial charge in [-0.2, -0.15) is 0 Å². The largest absolute Gasteiger partial charge is 0.508 e. The van der Waals surface area contributed by atoms with Crippen molar-refractivity contribution in [3.05, 3.63) is 117 Å². The fraction of sp³-hybridized carbons (Fsp3) is 0.431. The number of aryl methyl sites for hydroxylation is 1. The molecule has 0 spiro atoms. The monoisotopic (exact) mass is 1360 g/mol. The number of ketones is 1. The van der Waals surface area contributed by atoms with Crippen LogP contribution in [0.3, 0.4) is 0 Å². The number of benzene rings is 5. The lowest BCUT2D eigenvalue weighted by molar-refractivity contribution is -0.333. The van der Waals surface area contributed by atoms with Gasteiger partial charge in [0.1, 0.15) is 83.0 Å². The van der Waals surface area contributed by atoms with Crippen molar-refractivity contribution in [2.75, 3.05) is 13.7 Å². The Balaban J connectivity index is 1.28. The molecule has 95 heavy (non-hydrogen) atoms. The van der Waals surface area contributed by atoms with Crippen LogP contribution in [0.15, 0.2) is 78.9 Å². The van der Waals surface area contributed by atoms with Crippen molar-refractivity contribution in [1.29, 1.82) is 0 Å². The Morgan fingerprint density at radius 2 is 1.46 bits per heavy atom. The molecule has 11 rings (SSSR count). The van der Waals surface area contributed by atoms with Crippen LogP contribution < -0.4 is 52.3 Å². The number of aromatic hydroxyl groups is 3. The molecule has 5 aromatic carbocycles. The SMILES string of the molecule is CNC(=O)C1C(=O)CCc2ccc(c(Cl)c2)Oc2cc3cc(c2OC2OC(CO)C(O)C(O)C2OC2CC(C)(N)C(O)C(C)O2)Oc2ccc(cc2Cl)C(O)C(NC(=O)CCC(C)C)C(=O)NC(CC(N)=O)C(=O)NC3C(=O)NCc2ccc(O)c(c2)-c2c(O)cc(O)cc21. The maximum atomic E-state index is 15.4. The maximum absolute atomic E-state index is 15.4. The van der Waals surface area contributed by atoms with Gasteiger partial charge in [-0.3, -0.25) is 33.6 Å². The summed E-state index contributed by atoms with van der Waals surface area (Å²) in [7, 11) is 1.27. The first-order chi connectivity index (χ1) is 44.9. The minimum Gasteiger partial charge on any atom is -0.508 e. The summed E-state index contributed by atoms with van der Waals surface area (Å²) in [6, 6.07) is 10.3.